The molecular formula is C18H21N3O3S. The van der Waals surface area contributed by atoms with Crippen LogP contribution in [0, 0.1) is 13.8 Å². The minimum atomic E-state index is -0.932. The number of benzene rings is 1. The van der Waals surface area contributed by atoms with Crippen molar-refractivity contribution in [2.75, 3.05) is 17.2 Å². The molecule has 1 aromatic heterocycles. The number of hydrogen-bond donors (Lipinski definition) is 2. The summed E-state index contributed by atoms with van der Waals surface area (Å²) in [5.74, 6) is -1.02. The minimum Gasteiger partial charge on any atom is -0.448 e. The highest BCUT2D eigenvalue weighted by Gasteiger charge is 2.21. The van der Waals surface area contributed by atoms with Crippen molar-refractivity contribution < 1.29 is 14.3 Å². The van der Waals surface area contributed by atoms with E-state index in [0.29, 0.717) is 17.4 Å². The molecule has 1 atom stereocenters. The maximum Gasteiger partial charge on any atom is 0.358 e. The first-order valence-electron chi connectivity index (χ1n) is 7.80. The van der Waals surface area contributed by atoms with Gasteiger partial charge in [0.05, 0.1) is 0 Å². The van der Waals surface area contributed by atoms with Gasteiger partial charge in [0.25, 0.3) is 5.91 Å². The molecule has 0 bridgehead atoms. The number of nitrogens with one attached hydrogen (secondary N) is 2. The van der Waals surface area contributed by atoms with Gasteiger partial charge in [-0.1, -0.05) is 18.2 Å². The standard InChI is InChI=1S/C18H21N3O3S/c1-5-8-19-18-21-15(10-25-18)17(23)24-13(4)16(22)20-14-9-11(2)6-7-12(14)3/h5-7,9-10,13H,1,8H2,2-4H3,(H,19,21)(H,20,22). The van der Waals surface area contributed by atoms with Crippen molar-refractivity contribution in [1.82, 2.24) is 4.98 Å². The third kappa shape index (κ3) is 5.15. The van der Waals surface area contributed by atoms with Crippen LogP contribution in [0.5, 0.6) is 0 Å². The Morgan fingerprint density at radius 1 is 1.40 bits per heavy atom. The quantitative estimate of drug-likeness (QED) is 0.584. The summed E-state index contributed by atoms with van der Waals surface area (Å²) in [6.07, 6.45) is 0.762. The summed E-state index contributed by atoms with van der Waals surface area (Å²) in [7, 11) is 0. The van der Waals surface area contributed by atoms with Crippen LogP contribution in [-0.2, 0) is 9.53 Å². The van der Waals surface area contributed by atoms with Crippen molar-refractivity contribution >= 4 is 34.0 Å². The molecule has 0 saturated heterocycles. The van der Waals surface area contributed by atoms with Crippen LogP contribution in [0.1, 0.15) is 28.5 Å². The van der Waals surface area contributed by atoms with E-state index in [-0.39, 0.29) is 11.6 Å². The van der Waals surface area contributed by atoms with Gasteiger partial charge in [-0.25, -0.2) is 9.78 Å². The summed E-state index contributed by atoms with van der Waals surface area (Å²) in [5, 5.41) is 7.96. The van der Waals surface area contributed by atoms with Gasteiger partial charge in [0.2, 0.25) is 0 Å². The normalized spacial score (nSPS) is 11.5. The Kier molecular flexibility index (Phi) is 6.30. The number of aromatic nitrogens is 1. The summed E-state index contributed by atoms with van der Waals surface area (Å²) in [6, 6.07) is 5.77. The number of carbonyl (C=O) groups excluding carboxylic acids is 2. The van der Waals surface area contributed by atoms with E-state index in [1.807, 2.05) is 32.0 Å². The van der Waals surface area contributed by atoms with Gasteiger partial charge in [0, 0.05) is 17.6 Å². The molecule has 0 spiro atoms. The largest absolute Gasteiger partial charge is 0.448 e. The number of rotatable bonds is 7. The number of amides is 1. The summed E-state index contributed by atoms with van der Waals surface area (Å²) in [5.41, 5.74) is 2.85. The van der Waals surface area contributed by atoms with E-state index in [0.717, 1.165) is 11.1 Å². The molecule has 0 fully saturated rings. The van der Waals surface area contributed by atoms with E-state index in [1.54, 1.807) is 11.5 Å². The van der Waals surface area contributed by atoms with Crippen LogP contribution in [-0.4, -0.2) is 29.5 Å². The highest BCUT2D eigenvalue weighted by Crippen LogP contribution is 2.18. The molecule has 7 heteroatoms. The van der Waals surface area contributed by atoms with Crippen LogP contribution in [0.4, 0.5) is 10.8 Å². The first kappa shape index (κ1) is 18.7. The predicted octanol–water partition coefficient (Wildman–Crippen LogP) is 3.54. The summed E-state index contributed by atoms with van der Waals surface area (Å²) in [6.45, 7) is 9.53. The molecule has 2 rings (SSSR count). The van der Waals surface area contributed by atoms with Crippen LogP contribution in [0.25, 0.3) is 0 Å². The van der Waals surface area contributed by atoms with Crippen molar-refractivity contribution in [3.05, 3.63) is 53.1 Å². The third-order valence-electron chi connectivity index (χ3n) is 3.41. The average molecular weight is 359 g/mol. The zero-order chi connectivity index (χ0) is 18.4. The van der Waals surface area contributed by atoms with Crippen molar-refractivity contribution in [3.8, 4) is 0 Å². The second kappa shape index (κ2) is 8.43. The van der Waals surface area contributed by atoms with Crippen LogP contribution >= 0.6 is 11.3 Å². The van der Waals surface area contributed by atoms with E-state index >= 15 is 0 Å². The maximum absolute atomic E-state index is 12.3. The zero-order valence-corrected chi connectivity index (χ0v) is 15.3. The molecule has 2 N–H and O–H groups in total. The lowest BCUT2D eigenvalue weighted by atomic mass is 10.1. The Balaban J connectivity index is 1.95. The molecule has 0 aliphatic rings. The molecule has 2 aromatic rings. The molecule has 0 saturated carbocycles. The second-order valence-electron chi connectivity index (χ2n) is 5.56. The molecule has 132 valence electrons. The SMILES string of the molecule is C=CCNc1nc(C(=O)OC(C)C(=O)Nc2cc(C)ccc2C)cs1. The molecular weight excluding hydrogens is 338 g/mol. The minimum absolute atomic E-state index is 0.169. The van der Waals surface area contributed by atoms with Crippen molar-refractivity contribution in [2.45, 2.75) is 26.9 Å². The first-order valence-corrected chi connectivity index (χ1v) is 8.68. The lowest BCUT2D eigenvalue weighted by Crippen LogP contribution is -2.30. The van der Waals surface area contributed by atoms with Gasteiger partial charge in [-0.05, 0) is 38.0 Å². The van der Waals surface area contributed by atoms with E-state index in [9.17, 15) is 9.59 Å². The van der Waals surface area contributed by atoms with Gasteiger partial charge in [0.15, 0.2) is 16.9 Å². The summed E-state index contributed by atoms with van der Waals surface area (Å²) in [4.78, 5) is 28.5. The van der Waals surface area contributed by atoms with E-state index in [2.05, 4.69) is 22.2 Å². The lowest BCUT2D eigenvalue weighted by molar-refractivity contribution is -0.123. The van der Waals surface area contributed by atoms with E-state index in [1.165, 1.54) is 18.3 Å². The van der Waals surface area contributed by atoms with Crippen LogP contribution in [0.3, 0.4) is 0 Å². The summed E-state index contributed by atoms with van der Waals surface area (Å²) >= 11 is 1.29. The van der Waals surface area contributed by atoms with E-state index < -0.39 is 12.1 Å². The third-order valence-corrected chi connectivity index (χ3v) is 4.21. The average Bonchev–Trinajstić information content (AvgIpc) is 3.05. The highest BCUT2D eigenvalue weighted by atomic mass is 32.1. The van der Waals surface area contributed by atoms with Crippen molar-refractivity contribution in [1.29, 1.82) is 0 Å². The van der Waals surface area contributed by atoms with Gasteiger partial charge in [0.1, 0.15) is 0 Å². The number of aryl methyl sites for hydroxylation is 2. The number of hydrogen-bond acceptors (Lipinski definition) is 6. The molecule has 0 radical (unpaired) electrons. The zero-order valence-electron chi connectivity index (χ0n) is 14.5. The number of thiazole rings is 1. The Morgan fingerprint density at radius 3 is 2.88 bits per heavy atom. The van der Waals surface area contributed by atoms with Crippen molar-refractivity contribution in [2.24, 2.45) is 0 Å². The number of nitrogens with zero attached hydrogens (tertiary/aromatic N) is 1. The number of anilines is 2. The molecule has 1 unspecified atom stereocenters. The fourth-order valence-corrected chi connectivity index (χ4v) is 2.68. The van der Waals surface area contributed by atoms with Gasteiger partial charge in [-0.2, -0.15) is 0 Å². The molecule has 6 nitrogen and oxygen atoms in total. The van der Waals surface area contributed by atoms with Gasteiger partial charge >= 0.3 is 5.97 Å². The maximum atomic E-state index is 12.3. The molecule has 25 heavy (non-hydrogen) atoms. The predicted molar refractivity (Wildman–Crippen MR) is 100 cm³/mol. The van der Waals surface area contributed by atoms with Gasteiger partial charge in [-0.3, -0.25) is 4.79 Å². The Hall–Kier alpha value is -2.67. The Morgan fingerprint density at radius 2 is 2.16 bits per heavy atom. The molecule has 1 heterocycles. The highest BCUT2D eigenvalue weighted by molar-refractivity contribution is 7.13. The van der Waals surface area contributed by atoms with Crippen LogP contribution in [0.2, 0.25) is 0 Å². The Labute approximate surface area is 150 Å². The Bertz CT molecular complexity index is 786. The smallest absolute Gasteiger partial charge is 0.358 e. The first-order chi connectivity index (χ1) is 11.9. The monoisotopic (exact) mass is 359 g/mol. The molecule has 1 aromatic carbocycles. The van der Waals surface area contributed by atoms with Gasteiger partial charge < -0.3 is 15.4 Å². The molecule has 1 amide bonds. The fourth-order valence-electron chi connectivity index (χ4n) is 1.99. The topological polar surface area (TPSA) is 80.3 Å². The van der Waals surface area contributed by atoms with Crippen LogP contribution < -0.4 is 10.6 Å². The van der Waals surface area contributed by atoms with Crippen LogP contribution in [0.15, 0.2) is 36.2 Å². The number of esters is 1. The second-order valence-corrected chi connectivity index (χ2v) is 6.42. The summed E-state index contributed by atoms with van der Waals surface area (Å²) < 4.78 is 5.20. The number of carbonyl (C=O) groups is 2. The van der Waals surface area contributed by atoms with E-state index in [4.69, 9.17) is 4.74 Å². The molecule has 0 aliphatic carbocycles. The number of ether oxygens (including phenoxy) is 1. The van der Waals surface area contributed by atoms with Crippen molar-refractivity contribution in [3.63, 3.8) is 0 Å². The van der Waals surface area contributed by atoms with Gasteiger partial charge in [-0.15, -0.1) is 17.9 Å². The lowest BCUT2D eigenvalue weighted by Gasteiger charge is -2.14. The molecule has 0 aliphatic heterocycles. The fraction of sp³-hybridized carbons (Fsp3) is 0.278.